The smallest absolute Gasteiger partial charge is 0.345 e. The van der Waals surface area contributed by atoms with E-state index in [9.17, 15) is 9.90 Å². The number of aliphatic hydroxyl groups is 1. The van der Waals surface area contributed by atoms with Crippen molar-refractivity contribution in [2.75, 3.05) is 0 Å². The maximum absolute atomic E-state index is 12.2. The van der Waals surface area contributed by atoms with Crippen LogP contribution in [0.5, 0.6) is 5.75 Å². The largest absolute Gasteiger partial charge is 0.424 e. The van der Waals surface area contributed by atoms with Crippen molar-refractivity contribution in [2.24, 2.45) is 5.73 Å². The van der Waals surface area contributed by atoms with Crippen molar-refractivity contribution in [1.82, 2.24) is 0 Å². The van der Waals surface area contributed by atoms with Crippen molar-refractivity contribution < 1.29 is 14.6 Å². The second-order valence-corrected chi connectivity index (χ2v) is 5.70. The van der Waals surface area contributed by atoms with E-state index in [0.717, 1.165) is 11.1 Å². The molecule has 126 valence electrons. The Balaban J connectivity index is 1.75. The summed E-state index contributed by atoms with van der Waals surface area (Å²) in [5, 5.41) is 10.1. The van der Waals surface area contributed by atoms with E-state index in [-0.39, 0.29) is 6.04 Å². The van der Waals surface area contributed by atoms with Crippen molar-refractivity contribution in [3.63, 3.8) is 0 Å². The van der Waals surface area contributed by atoms with E-state index in [0.29, 0.717) is 11.3 Å². The molecule has 2 atom stereocenters. The molecule has 0 aliphatic carbocycles. The number of esters is 1. The molecule has 0 fully saturated rings. The molecule has 3 aromatic rings. The molecule has 4 nitrogen and oxygen atoms in total. The molecule has 3 aromatic carbocycles. The summed E-state index contributed by atoms with van der Waals surface area (Å²) in [5.41, 5.74) is 8.56. The average Bonchev–Trinajstić information content (AvgIpc) is 2.68. The van der Waals surface area contributed by atoms with E-state index in [4.69, 9.17) is 10.5 Å². The van der Waals surface area contributed by atoms with Crippen LogP contribution in [0.25, 0.3) is 0 Å². The summed E-state index contributed by atoms with van der Waals surface area (Å²) in [4.78, 5) is 12.2. The summed E-state index contributed by atoms with van der Waals surface area (Å²) in [6.45, 7) is 0. The van der Waals surface area contributed by atoms with E-state index >= 15 is 0 Å². The van der Waals surface area contributed by atoms with Crippen molar-refractivity contribution in [3.05, 3.63) is 102 Å². The number of ether oxygens (including phenoxy) is 1. The molecular formula is C21H19NO3. The van der Waals surface area contributed by atoms with Crippen LogP contribution < -0.4 is 10.5 Å². The Morgan fingerprint density at radius 1 is 0.800 bits per heavy atom. The molecule has 0 radical (unpaired) electrons. The third-order valence-corrected chi connectivity index (χ3v) is 3.93. The monoisotopic (exact) mass is 333 g/mol. The molecule has 25 heavy (non-hydrogen) atoms. The molecule has 0 saturated carbocycles. The summed E-state index contributed by atoms with van der Waals surface area (Å²) < 4.78 is 5.31. The molecule has 3 N–H and O–H groups in total. The summed E-state index contributed by atoms with van der Waals surface area (Å²) in [6.07, 6.45) is -1.33. The van der Waals surface area contributed by atoms with Gasteiger partial charge in [0.2, 0.25) is 0 Å². The van der Waals surface area contributed by atoms with Crippen LogP contribution in [0.1, 0.15) is 28.8 Å². The highest BCUT2D eigenvalue weighted by Crippen LogP contribution is 2.24. The fourth-order valence-corrected chi connectivity index (χ4v) is 2.57. The van der Waals surface area contributed by atoms with Gasteiger partial charge in [0.1, 0.15) is 5.75 Å². The fraction of sp³-hybridized carbons (Fsp3) is 0.0952. The predicted octanol–water partition coefficient (Wildman–Crippen LogP) is 3.37. The maximum atomic E-state index is 12.2. The van der Waals surface area contributed by atoms with E-state index in [1.54, 1.807) is 42.5 Å². The summed E-state index contributed by atoms with van der Waals surface area (Å²) >= 11 is 0. The topological polar surface area (TPSA) is 72.5 Å². The molecule has 0 aromatic heterocycles. The van der Waals surface area contributed by atoms with Gasteiger partial charge in [-0.2, -0.15) is 0 Å². The lowest BCUT2D eigenvalue weighted by Gasteiger charge is -2.15. The van der Waals surface area contributed by atoms with Gasteiger partial charge in [-0.15, -0.1) is 0 Å². The van der Waals surface area contributed by atoms with Crippen molar-refractivity contribution in [1.29, 1.82) is 0 Å². The van der Waals surface area contributed by atoms with E-state index in [1.165, 1.54) is 0 Å². The Morgan fingerprint density at radius 2 is 1.36 bits per heavy atom. The number of rotatable bonds is 5. The van der Waals surface area contributed by atoms with Gasteiger partial charge in [-0.25, -0.2) is 4.79 Å². The molecule has 0 aliphatic rings. The highest BCUT2D eigenvalue weighted by atomic mass is 16.5. The quantitative estimate of drug-likeness (QED) is 0.555. The molecular weight excluding hydrogens is 314 g/mol. The van der Waals surface area contributed by atoms with E-state index < -0.39 is 12.1 Å². The first kappa shape index (κ1) is 16.9. The Hall–Kier alpha value is -2.95. The van der Waals surface area contributed by atoms with Crippen LogP contribution in [-0.2, 0) is 4.79 Å². The first-order valence-electron chi connectivity index (χ1n) is 8.00. The number of carbonyl (C=O) groups excluding carboxylic acids is 1. The Kier molecular flexibility index (Phi) is 5.23. The fourth-order valence-electron chi connectivity index (χ4n) is 2.57. The summed E-state index contributed by atoms with van der Waals surface area (Å²) in [7, 11) is 0. The predicted molar refractivity (Wildman–Crippen MR) is 96.0 cm³/mol. The van der Waals surface area contributed by atoms with Gasteiger partial charge in [0.15, 0.2) is 6.10 Å². The van der Waals surface area contributed by atoms with Crippen LogP contribution >= 0.6 is 0 Å². The molecule has 0 saturated heterocycles. The van der Waals surface area contributed by atoms with Gasteiger partial charge in [0.25, 0.3) is 0 Å². The van der Waals surface area contributed by atoms with Gasteiger partial charge in [0.05, 0.1) is 6.04 Å². The van der Waals surface area contributed by atoms with Crippen molar-refractivity contribution >= 4 is 5.97 Å². The lowest BCUT2D eigenvalue weighted by Crippen LogP contribution is -2.18. The molecule has 0 spiro atoms. The van der Waals surface area contributed by atoms with Crippen LogP contribution in [0.15, 0.2) is 84.9 Å². The second kappa shape index (κ2) is 7.75. The normalized spacial score (nSPS) is 13.0. The van der Waals surface area contributed by atoms with Crippen LogP contribution in [0.3, 0.4) is 0 Å². The zero-order chi connectivity index (χ0) is 17.6. The van der Waals surface area contributed by atoms with Gasteiger partial charge in [-0.05, 0) is 28.8 Å². The minimum Gasteiger partial charge on any atom is -0.424 e. The van der Waals surface area contributed by atoms with Gasteiger partial charge < -0.3 is 15.6 Å². The number of benzene rings is 3. The minimum absolute atomic E-state index is 0.320. The number of nitrogens with two attached hydrogens (primary N) is 1. The Bertz CT molecular complexity index is 834. The highest BCUT2D eigenvalue weighted by Gasteiger charge is 2.20. The zero-order valence-corrected chi connectivity index (χ0v) is 13.6. The van der Waals surface area contributed by atoms with E-state index in [2.05, 4.69) is 0 Å². The minimum atomic E-state index is -1.33. The van der Waals surface area contributed by atoms with Crippen LogP contribution in [-0.4, -0.2) is 11.1 Å². The molecule has 0 bridgehead atoms. The molecule has 0 amide bonds. The SMILES string of the molecule is NC(c1ccccc1)c1cccc(OC(=O)[C@H](O)c2ccccc2)c1. The van der Waals surface area contributed by atoms with Gasteiger partial charge >= 0.3 is 5.97 Å². The van der Waals surface area contributed by atoms with Crippen LogP contribution in [0, 0.1) is 0 Å². The number of aliphatic hydroxyl groups excluding tert-OH is 1. The standard InChI is InChI=1S/C21H19NO3/c22-19(15-8-3-1-4-9-15)17-12-7-13-18(14-17)25-21(24)20(23)16-10-5-2-6-11-16/h1-14,19-20,23H,22H2/t19?,20-/m1/s1. The first-order chi connectivity index (χ1) is 12.1. The molecule has 0 heterocycles. The summed E-state index contributed by atoms with van der Waals surface area (Å²) in [5.74, 6) is -0.375. The van der Waals surface area contributed by atoms with E-state index in [1.807, 2.05) is 42.5 Å². The number of hydrogen-bond acceptors (Lipinski definition) is 4. The second-order valence-electron chi connectivity index (χ2n) is 5.70. The molecule has 1 unspecified atom stereocenters. The molecule has 3 rings (SSSR count). The molecule has 4 heteroatoms. The van der Waals surface area contributed by atoms with Crippen LogP contribution in [0.4, 0.5) is 0 Å². The lowest BCUT2D eigenvalue weighted by molar-refractivity contribution is -0.144. The first-order valence-corrected chi connectivity index (χ1v) is 8.00. The average molecular weight is 333 g/mol. The van der Waals surface area contributed by atoms with Gasteiger partial charge in [-0.3, -0.25) is 0 Å². The number of carbonyl (C=O) groups is 1. The number of hydrogen-bond donors (Lipinski definition) is 2. The van der Waals surface area contributed by atoms with Gasteiger partial charge in [-0.1, -0.05) is 72.8 Å². The Morgan fingerprint density at radius 3 is 2.00 bits per heavy atom. The Labute approximate surface area is 146 Å². The van der Waals surface area contributed by atoms with Crippen molar-refractivity contribution in [2.45, 2.75) is 12.1 Å². The third kappa shape index (κ3) is 4.12. The lowest BCUT2D eigenvalue weighted by atomic mass is 9.99. The summed E-state index contributed by atoms with van der Waals surface area (Å²) in [6, 6.07) is 25.1. The zero-order valence-electron chi connectivity index (χ0n) is 13.6. The third-order valence-electron chi connectivity index (χ3n) is 3.93. The molecule has 0 aliphatic heterocycles. The van der Waals surface area contributed by atoms with Crippen molar-refractivity contribution in [3.8, 4) is 5.75 Å². The maximum Gasteiger partial charge on any atom is 0.345 e. The highest BCUT2D eigenvalue weighted by molar-refractivity contribution is 5.78. The van der Waals surface area contributed by atoms with Gasteiger partial charge in [0, 0.05) is 0 Å². The van der Waals surface area contributed by atoms with Crippen LogP contribution in [0.2, 0.25) is 0 Å².